The third-order valence-electron chi connectivity index (χ3n) is 1.59. The van der Waals surface area contributed by atoms with Crippen molar-refractivity contribution in [2.75, 3.05) is 13.2 Å². The lowest BCUT2D eigenvalue weighted by Crippen LogP contribution is -2.39. The number of hydroxylamine groups is 3. The molecule has 0 aromatic heterocycles. The molecule has 0 rings (SSSR count). The minimum atomic E-state index is -1.53. The molecule has 1 atom stereocenters. The predicted octanol–water partition coefficient (Wildman–Crippen LogP) is 2.22. The standard InChI is InChI=1S/C8H19NO3/c1-3-5-7-9(10,11)12-8-6-4-2/h10H,3-8H2,1-2H3. The predicted molar refractivity (Wildman–Crippen MR) is 46.0 cm³/mol. The highest BCUT2D eigenvalue weighted by Crippen LogP contribution is 2.04. The molecule has 0 aromatic rings. The lowest BCUT2D eigenvalue weighted by atomic mass is 10.3. The van der Waals surface area contributed by atoms with E-state index in [0.717, 1.165) is 19.3 Å². The van der Waals surface area contributed by atoms with Crippen LogP contribution < -0.4 is 0 Å². The molecule has 0 amide bonds. The Morgan fingerprint density at radius 2 is 1.83 bits per heavy atom. The molecule has 1 unspecified atom stereocenters. The molecule has 0 radical (unpaired) electrons. The van der Waals surface area contributed by atoms with Crippen LogP contribution in [0.3, 0.4) is 0 Å². The van der Waals surface area contributed by atoms with Crippen LogP contribution in [0.5, 0.6) is 0 Å². The van der Waals surface area contributed by atoms with Gasteiger partial charge in [0.05, 0.1) is 0 Å². The van der Waals surface area contributed by atoms with Gasteiger partial charge in [0, 0.05) is 6.42 Å². The van der Waals surface area contributed by atoms with Gasteiger partial charge in [0.1, 0.15) is 13.2 Å². The molecule has 0 spiro atoms. The molecule has 0 saturated heterocycles. The minimum absolute atomic E-state index is 0.125. The summed E-state index contributed by atoms with van der Waals surface area (Å²) in [6.45, 7) is 4.43. The summed E-state index contributed by atoms with van der Waals surface area (Å²) in [5.74, 6) is 0. The lowest BCUT2D eigenvalue weighted by Gasteiger charge is -2.29. The van der Waals surface area contributed by atoms with Crippen molar-refractivity contribution in [2.45, 2.75) is 39.5 Å². The minimum Gasteiger partial charge on any atom is -0.564 e. The van der Waals surface area contributed by atoms with Gasteiger partial charge in [-0.15, -0.1) is 0 Å². The normalized spacial score (nSPS) is 16.0. The van der Waals surface area contributed by atoms with E-state index in [-0.39, 0.29) is 6.54 Å². The second-order valence-corrected chi connectivity index (χ2v) is 2.90. The molecule has 0 aliphatic carbocycles. The first kappa shape index (κ1) is 11.8. The van der Waals surface area contributed by atoms with Crippen LogP contribution >= 0.6 is 0 Å². The SMILES string of the molecule is CCCCO[N+]([O-])(O)CCCC. The van der Waals surface area contributed by atoms with Crippen LogP contribution in [-0.2, 0) is 4.84 Å². The fourth-order valence-electron chi connectivity index (χ4n) is 0.774. The average Bonchev–Trinajstić information content (AvgIpc) is 2.01. The molecule has 0 bridgehead atoms. The fraction of sp³-hybridized carbons (Fsp3) is 1.00. The second kappa shape index (κ2) is 6.37. The maximum atomic E-state index is 11.0. The van der Waals surface area contributed by atoms with E-state index < -0.39 is 4.97 Å². The first-order chi connectivity index (χ1) is 5.62. The average molecular weight is 177 g/mol. The highest BCUT2D eigenvalue weighted by molar-refractivity contribution is 4.30. The van der Waals surface area contributed by atoms with Crippen LogP contribution in [0, 0.1) is 5.21 Å². The Balaban J connectivity index is 3.42. The van der Waals surface area contributed by atoms with Crippen LogP contribution in [0.4, 0.5) is 0 Å². The van der Waals surface area contributed by atoms with Gasteiger partial charge >= 0.3 is 0 Å². The van der Waals surface area contributed by atoms with Crippen molar-refractivity contribution in [2.24, 2.45) is 0 Å². The monoisotopic (exact) mass is 177 g/mol. The molecule has 4 heteroatoms. The van der Waals surface area contributed by atoms with Crippen molar-refractivity contribution in [3.8, 4) is 0 Å². The third-order valence-corrected chi connectivity index (χ3v) is 1.59. The summed E-state index contributed by atoms with van der Waals surface area (Å²) in [6.07, 6.45) is 3.36. The summed E-state index contributed by atoms with van der Waals surface area (Å²) in [7, 11) is 0. The van der Waals surface area contributed by atoms with E-state index in [4.69, 9.17) is 10.0 Å². The van der Waals surface area contributed by atoms with Crippen LogP contribution in [-0.4, -0.2) is 23.3 Å². The van der Waals surface area contributed by atoms with Gasteiger partial charge in [-0.05, 0) is 6.42 Å². The van der Waals surface area contributed by atoms with E-state index in [9.17, 15) is 5.21 Å². The van der Waals surface area contributed by atoms with Crippen molar-refractivity contribution in [1.29, 1.82) is 0 Å². The van der Waals surface area contributed by atoms with Gasteiger partial charge in [-0.2, -0.15) is 10.0 Å². The van der Waals surface area contributed by atoms with Crippen molar-refractivity contribution in [3.63, 3.8) is 0 Å². The summed E-state index contributed by atoms with van der Waals surface area (Å²) in [5.41, 5.74) is 0. The zero-order valence-corrected chi connectivity index (χ0v) is 7.95. The van der Waals surface area contributed by atoms with Crippen LogP contribution in [0.2, 0.25) is 0 Å². The van der Waals surface area contributed by atoms with E-state index in [2.05, 4.69) is 0 Å². The summed E-state index contributed by atoms with van der Waals surface area (Å²) >= 11 is 0. The van der Waals surface area contributed by atoms with E-state index in [0.29, 0.717) is 13.0 Å². The van der Waals surface area contributed by atoms with E-state index in [1.165, 1.54) is 0 Å². The number of hydrogen-bond acceptors (Lipinski definition) is 3. The van der Waals surface area contributed by atoms with Crippen molar-refractivity contribution in [1.82, 2.24) is 0 Å². The molecule has 0 aliphatic rings. The fourth-order valence-corrected chi connectivity index (χ4v) is 0.774. The van der Waals surface area contributed by atoms with E-state index >= 15 is 0 Å². The largest absolute Gasteiger partial charge is 0.564 e. The number of rotatable bonds is 7. The number of quaternary nitrogens is 1. The summed E-state index contributed by atoms with van der Waals surface area (Å²) in [4.78, 5) is 3.18. The highest BCUT2D eigenvalue weighted by atomic mass is 17.1. The Hall–Kier alpha value is -0.160. The van der Waals surface area contributed by atoms with Crippen LogP contribution in [0.15, 0.2) is 0 Å². The smallest absolute Gasteiger partial charge is 0.142 e. The van der Waals surface area contributed by atoms with Crippen LogP contribution in [0.1, 0.15) is 39.5 Å². The van der Waals surface area contributed by atoms with Gasteiger partial charge in [-0.1, -0.05) is 31.7 Å². The molecule has 0 heterocycles. The second-order valence-electron chi connectivity index (χ2n) is 2.90. The van der Waals surface area contributed by atoms with Gasteiger partial charge < -0.3 is 5.21 Å². The van der Waals surface area contributed by atoms with Gasteiger partial charge in [0.25, 0.3) is 0 Å². The van der Waals surface area contributed by atoms with Crippen molar-refractivity contribution < 1.29 is 15.0 Å². The molecule has 1 N–H and O–H groups in total. The molecule has 12 heavy (non-hydrogen) atoms. The molecule has 0 fully saturated rings. The third kappa shape index (κ3) is 6.54. The number of nitrogens with zero attached hydrogens (tertiary/aromatic N) is 1. The quantitative estimate of drug-likeness (QED) is 0.368. The Kier molecular flexibility index (Phi) is 6.28. The zero-order valence-electron chi connectivity index (χ0n) is 7.95. The van der Waals surface area contributed by atoms with Crippen LogP contribution in [0.25, 0.3) is 0 Å². The summed E-state index contributed by atoms with van der Waals surface area (Å²) in [5, 5.41) is 20.0. The summed E-state index contributed by atoms with van der Waals surface area (Å²) < 4.78 is 0. The van der Waals surface area contributed by atoms with Crippen molar-refractivity contribution in [3.05, 3.63) is 5.21 Å². The lowest BCUT2D eigenvalue weighted by molar-refractivity contribution is -1.21. The van der Waals surface area contributed by atoms with Gasteiger partial charge in [0.15, 0.2) is 0 Å². The Morgan fingerprint density at radius 3 is 2.33 bits per heavy atom. The zero-order chi connectivity index (χ0) is 9.45. The summed E-state index contributed by atoms with van der Waals surface area (Å²) in [6, 6.07) is 0. The molecular weight excluding hydrogens is 158 g/mol. The first-order valence-electron chi connectivity index (χ1n) is 4.58. The number of unbranched alkanes of at least 4 members (excludes halogenated alkanes) is 2. The van der Waals surface area contributed by atoms with Crippen molar-refractivity contribution >= 4 is 0 Å². The van der Waals surface area contributed by atoms with E-state index in [1.807, 2.05) is 13.8 Å². The molecule has 0 saturated carbocycles. The molecule has 74 valence electrons. The maximum absolute atomic E-state index is 11.0. The maximum Gasteiger partial charge on any atom is 0.142 e. The Labute approximate surface area is 73.8 Å². The van der Waals surface area contributed by atoms with E-state index in [1.54, 1.807) is 0 Å². The first-order valence-corrected chi connectivity index (χ1v) is 4.58. The Bertz CT molecular complexity index is 106. The molecule has 0 aromatic carbocycles. The molecular formula is C8H19NO3. The Morgan fingerprint density at radius 1 is 1.25 bits per heavy atom. The topological polar surface area (TPSA) is 52.5 Å². The number of hydrogen-bond donors (Lipinski definition) is 1. The van der Waals surface area contributed by atoms with Gasteiger partial charge in [-0.25, -0.2) is 0 Å². The van der Waals surface area contributed by atoms with Gasteiger partial charge in [0.2, 0.25) is 0 Å². The molecule has 0 aliphatic heterocycles. The highest BCUT2D eigenvalue weighted by Gasteiger charge is 2.13. The van der Waals surface area contributed by atoms with Gasteiger partial charge in [-0.3, -0.25) is 0 Å². The molecule has 4 nitrogen and oxygen atoms in total.